The van der Waals surface area contributed by atoms with Gasteiger partial charge >= 0.3 is 0 Å². The lowest BCUT2D eigenvalue weighted by Crippen LogP contribution is -2.29. The van der Waals surface area contributed by atoms with Crippen molar-refractivity contribution in [2.75, 3.05) is 22.0 Å². The number of sulfonamides is 1. The SMILES string of the molecule is COc1ccc(S(=O)(=O)Nc2ccc(NC(C)=O)cc2)cc1N1C(=O)CCC1=O. The predicted octanol–water partition coefficient (Wildman–Crippen LogP) is 2.11. The maximum absolute atomic E-state index is 12.8. The van der Waals surface area contributed by atoms with Crippen molar-refractivity contribution in [3.8, 4) is 5.75 Å². The Kier molecular flexibility index (Phi) is 5.55. The fourth-order valence-corrected chi connectivity index (χ4v) is 3.97. The Morgan fingerprint density at radius 3 is 2.14 bits per heavy atom. The van der Waals surface area contributed by atoms with Crippen molar-refractivity contribution in [1.82, 2.24) is 0 Å². The van der Waals surface area contributed by atoms with E-state index in [1.807, 2.05) is 0 Å². The van der Waals surface area contributed by atoms with Gasteiger partial charge in [0.05, 0.1) is 17.7 Å². The van der Waals surface area contributed by atoms with E-state index in [4.69, 9.17) is 4.74 Å². The third-order valence-electron chi connectivity index (χ3n) is 4.21. The molecule has 1 heterocycles. The van der Waals surface area contributed by atoms with E-state index in [1.165, 1.54) is 44.4 Å². The van der Waals surface area contributed by atoms with Crippen LogP contribution < -0.4 is 19.7 Å². The minimum atomic E-state index is -4.00. The molecule has 0 atom stereocenters. The van der Waals surface area contributed by atoms with E-state index in [9.17, 15) is 22.8 Å². The third-order valence-corrected chi connectivity index (χ3v) is 5.59. The van der Waals surface area contributed by atoms with Crippen molar-refractivity contribution in [1.29, 1.82) is 0 Å². The van der Waals surface area contributed by atoms with Crippen molar-refractivity contribution in [3.05, 3.63) is 42.5 Å². The number of methoxy groups -OCH3 is 1. The molecule has 1 aliphatic heterocycles. The molecule has 0 aromatic heterocycles. The molecule has 3 rings (SSSR count). The molecule has 10 heteroatoms. The summed E-state index contributed by atoms with van der Waals surface area (Å²) in [4.78, 5) is 36.0. The maximum Gasteiger partial charge on any atom is 0.261 e. The van der Waals surface area contributed by atoms with Gasteiger partial charge in [0.1, 0.15) is 5.75 Å². The van der Waals surface area contributed by atoms with Crippen LogP contribution in [-0.4, -0.2) is 33.2 Å². The first-order valence-corrected chi connectivity index (χ1v) is 10.1. The van der Waals surface area contributed by atoms with Gasteiger partial charge in [-0.1, -0.05) is 0 Å². The van der Waals surface area contributed by atoms with E-state index in [1.54, 1.807) is 12.1 Å². The van der Waals surface area contributed by atoms with E-state index in [2.05, 4.69) is 10.0 Å². The standard InChI is InChI=1S/C19H19N3O6S/c1-12(23)20-13-3-5-14(6-4-13)21-29(26,27)15-7-8-17(28-2)16(11-15)22-18(24)9-10-19(22)25/h3-8,11,21H,9-10H2,1-2H3,(H,20,23). The van der Waals surface area contributed by atoms with E-state index in [0.29, 0.717) is 5.69 Å². The largest absolute Gasteiger partial charge is 0.495 e. The Labute approximate surface area is 167 Å². The minimum absolute atomic E-state index is 0.0673. The average Bonchev–Trinajstić information content (AvgIpc) is 3.00. The fourth-order valence-electron chi connectivity index (χ4n) is 2.90. The van der Waals surface area contributed by atoms with Gasteiger partial charge < -0.3 is 10.1 Å². The van der Waals surface area contributed by atoms with Crippen LogP contribution in [0.1, 0.15) is 19.8 Å². The lowest BCUT2D eigenvalue weighted by atomic mass is 10.2. The summed E-state index contributed by atoms with van der Waals surface area (Å²) in [6, 6.07) is 10.1. The number of hydrogen-bond acceptors (Lipinski definition) is 6. The van der Waals surface area contributed by atoms with Gasteiger partial charge in [0.2, 0.25) is 17.7 Å². The highest BCUT2D eigenvalue weighted by Crippen LogP contribution is 2.34. The maximum atomic E-state index is 12.8. The summed E-state index contributed by atoms with van der Waals surface area (Å²) in [6.07, 6.45) is 0.135. The van der Waals surface area contributed by atoms with Gasteiger partial charge in [0, 0.05) is 31.1 Å². The number of carbonyl (C=O) groups excluding carboxylic acids is 3. The molecule has 9 nitrogen and oxygen atoms in total. The number of hydrogen-bond donors (Lipinski definition) is 2. The molecule has 3 amide bonds. The summed E-state index contributed by atoms with van der Waals surface area (Å²) in [6.45, 7) is 1.37. The Bertz CT molecular complexity index is 1060. The van der Waals surface area contributed by atoms with Gasteiger partial charge in [0.15, 0.2) is 0 Å². The van der Waals surface area contributed by atoms with Gasteiger partial charge in [-0.15, -0.1) is 0 Å². The van der Waals surface area contributed by atoms with E-state index < -0.39 is 21.8 Å². The van der Waals surface area contributed by atoms with Crippen LogP contribution in [0.4, 0.5) is 17.1 Å². The lowest BCUT2D eigenvalue weighted by molar-refractivity contribution is -0.121. The Morgan fingerprint density at radius 2 is 1.59 bits per heavy atom. The number of nitrogens with zero attached hydrogens (tertiary/aromatic N) is 1. The summed E-state index contributed by atoms with van der Waals surface area (Å²) < 4.78 is 33.2. The summed E-state index contributed by atoms with van der Waals surface area (Å²) in [5.74, 6) is -0.851. The molecule has 0 spiro atoms. The van der Waals surface area contributed by atoms with Gasteiger partial charge in [0.25, 0.3) is 10.0 Å². The molecule has 2 aromatic rings. The zero-order valence-corrected chi connectivity index (χ0v) is 16.6. The topological polar surface area (TPSA) is 122 Å². The summed E-state index contributed by atoms with van der Waals surface area (Å²) >= 11 is 0. The monoisotopic (exact) mass is 417 g/mol. The average molecular weight is 417 g/mol. The first-order chi connectivity index (χ1) is 13.7. The molecule has 0 saturated carbocycles. The van der Waals surface area contributed by atoms with Crippen LogP contribution >= 0.6 is 0 Å². The molecular formula is C19H19N3O6S. The number of benzene rings is 2. The Hall–Kier alpha value is -3.40. The first-order valence-electron chi connectivity index (χ1n) is 8.65. The van der Waals surface area contributed by atoms with E-state index >= 15 is 0 Å². The molecule has 1 fully saturated rings. The second kappa shape index (κ2) is 7.92. The molecule has 0 aliphatic carbocycles. The van der Waals surface area contributed by atoms with Crippen molar-refractivity contribution in [2.24, 2.45) is 0 Å². The zero-order valence-electron chi connectivity index (χ0n) is 15.8. The smallest absolute Gasteiger partial charge is 0.261 e. The third kappa shape index (κ3) is 4.37. The van der Waals surface area contributed by atoms with Crippen molar-refractivity contribution in [3.63, 3.8) is 0 Å². The molecule has 1 aliphatic rings. The first kappa shape index (κ1) is 20.3. The van der Waals surface area contributed by atoms with E-state index in [0.717, 1.165) is 4.90 Å². The minimum Gasteiger partial charge on any atom is -0.495 e. The van der Waals surface area contributed by atoms with Crippen LogP contribution in [0.2, 0.25) is 0 Å². The molecule has 29 heavy (non-hydrogen) atoms. The summed E-state index contributed by atoms with van der Waals surface area (Å²) in [5.41, 5.74) is 0.895. The van der Waals surface area contributed by atoms with Crippen LogP contribution in [0.15, 0.2) is 47.4 Å². The summed E-state index contributed by atoms with van der Waals surface area (Å²) in [7, 11) is -2.64. The Morgan fingerprint density at radius 1 is 1.00 bits per heavy atom. The highest BCUT2D eigenvalue weighted by molar-refractivity contribution is 7.92. The highest BCUT2D eigenvalue weighted by Gasteiger charge is 2.33. The van der Waals surface area contributed by atoms with Gasteiger partial charge in [-0.05, 0) is 42.5 Å². The lowest BCUT2D eigenvalue weighted by Gasteiger charge is -2.18. The van der Waals surface area contributed by atoms with Gasteiger partial charge in [-0.2, -0.15) is 0 Å². The summed E-state index contributed by atoms with van der Waals surface area (Å²) in [5, 5.41) is 2.59. The normalized spacial score (nSPS) is 14.1. The van der Waals surface area contributed by atoms with Crippen molar-refractivity contribution in [2.45, 2.75) is 24.7 Å². The van der Waals surface area contributed by atoms with Gasteiger partial charge in [-0.3, -0.25) is 19.1 Å². The Balaban J connectivity index is 1.91. The quantitative estimate of drug-likeness (QED) is 0.694. The number of imide groups is 1. The molecule has 2 aromatic carbocycles. The van der Waals surface area contributed by atoms with Crippen molar-refractivity contribution >= 4 is 44.8 Å². The van der Waals surface area contributed by atoms with Crippen molar-refractivity contribution < 1.29 is 27.5 Å². The molecule has 2 N–H and O–H groups in total. The fraction of sp³-hybridized carbons (Fsp3) is 0.211. The van der Waals surface area contributed by atoms with E-state index in [-0.39, 0.29) is 40.8 Å². The molecule has 0 bridgehead atoms. The highest BCUT2D eigenvalue weighted by atomic mass is 32.2. The second-order valence-corrected chi connectivity index (χ2v) is 8.00. The van der Waals surface area contributed by atoms with Crippen LogP contribution in [0.25, 0.3) is 0 Å². The molecular weight excluding hydrogens is 398 g/mol. The number of amides is 3. The van der Waals surface area contributed by atoms with Gasteiger partial charge in [-0.25, -0.2) is 13.3 Å². The predicted molar refractivity (Wildman–Crippen MR) is 106 cm³/mol. The van der Waals surface area contributed by atoms with Crippen LogP contribution in [0.3, 0.4) is 0 Å². The number of ether oxygens (including phenoxy) is 1. The number of anilines is 3. The molecule has 0 unspecified atom stereocenters. The van der Waals surface area contributed by atoms with Crippen LogP contribution in [0.5, 0.6) is 5.75 Å². The number of nitrogens with one attached hydrogen (secondary N) is 2. The zero-order chi connectivity index (χ0) is 21.2. The molecule has 1 saturated heterocycles. The second-order valence-electron chi connectivity index (χ2n) is 6.32. The number of rotatable bonds is 6. The van der Waals surface area contributed by atoms with Crippen LogP contribution in [-0.2, 0) is 24.4 Å². The molecule has 152 valence electrons. The molecule has 0 radical (unpaired) electrons. The number of carbonyl (C=O) groups is 3. The van der Waals surface area contributed by atoms with Crippen LogP contribution in [0, 0.1) is 0 Å².